The molecule has 0 bridgehead atoms. The van der Waals surface area contributed by atoms with Gasteiger partial charge in [0.2, 0.25) is 5.95 Å². The Labute approximate surface area is 98.3 Å². The van der Waals surface area contributed by atoms with Gasteiger partial charge >= 0.3 is 0 Å². The van der Waals surface area contributed by atoms with Crippen molar-refractivity contribution in [1.82, 2.24) is 19.5 Å². The van der Waals surface area contributed by atoms with Crippen LogP contribution in [0.1, 0.15) is 11.3 Å². The molecule has 1 aromatic carbocycles. The Morgan fingerprint density at radius 1 is 1.12 bits per heavy atom. The Kier molecular flexibility index (Phi) is 1.86. The zero-order valence-electron chi connectivity index (χ0n) is 10.0. The number of nitrogens with zero attached hydrogens (tertiary/aromatic N) is 4. The molecule has 3 rings (SSSR count). The predicted molar refractivity (Wildman–Crippen MR) is 67.7 cm³/mol. The summed E-state index contributed by atoms with van der Waals surface area (Å²) in [5, 5.41) is 0. The molecular formula is C12H13N5. The number of aromatic nitrogens is 4. The molecule has 86 valence electrons. The molecule has 0 aliphatic heterocycles. The normalized spacial score (nSPS) is 11.5. The molecule has 0 saturated carbocycles. The van der Waals surface area contributed by atoms with E-state index in [0.717, 1.165) is 33.3 Å². The summed E-state index contributed by atoms with van der Waals surface area (Å²) in [5.74, 6) is 0.495. The minimum atomic E-state index is 0.495. The standard InChI is InChI=1S/C12H13N5/c1-6-4-8-10(16-12(13)17(8)3)11-9(6)15-7(2)5-14-11/h4-5H,1-3H3,(H2,13,16). The molecule has 0 aliphatic rings. The van der Waals surface area contributed by atoms with Gasteiger partial charge in [0.25, 0.3) is 0 Å². The highest BCUT2D eigenvalue weighted by Crippen LogP contribution is 2.26. The van der Waals surface area contributed by atoms with Crippen molar-refractivity contribution < 1.29 is 0 Å². The van der Waals surface area contributed by atoms with Gasteiger partial charge in [0.1, 0.15) is 11.0 Å². The van der Waals surface area contributed by atoms with Crippen molar-refractivity contribution >= 4 is 28.0 Å². The van der Waals surface area contributed by atoms with E-state index in [2.05, 4.69) is 21.0 Å². The van der Waals surface area contributed by atoms with E-state index in [1.807, 2.05) is 25.5 Å². The first kappa shape index (κ1) is 10.0. The number of nitrogen functional groups attached to an aromatic ring is 1. The minimum absolute atomic E-state index is 0.495. The average molecular weight is 227 g/mol. The molecular weight excluding hydrogens is 214 g/mol. The van der Waals surface area contributed by atoms with Crippen LogP contribution in [0.5, 0.6) is 0 Å². The molecule has 3 aromatic rings. The number of aryl methyl sites for hydroxylation is 3. The van der Waals surface area contributed by atoms with Gasteiger partial charge in [0.15, 0.2) is 0 Å². The van der Waals surface area contributed by atoms with Crippen LogP contribution in [-0.2, 0) is 7.05 Å². The summed E-state index contributed by atoms with van der Waals surface area (Å²) in [5.41, 5.74) is 11.3. The van der Waals surface area contributed by atoms with Crippen LogP contribution in [0.2, 0.25) is 0 Å². The zero-order valence-corrected chi connectivity index (χ0v) is 10.0. The van der Waals surface area contributed by atoms with Gasteiger partial charge in [0.05, 0.1) is 16.7 Å². The fourth-order valence-electron chi connectivity index (χ4n) is 2.07. The third kappa shape index (κ3) is 1.28. The van der Waals surface area contributed by atoms with Crippen LogP contribution in [-0.4, -0.2) is 19.5 Å². The molecule has 0 fully saturated rings. The molecule has 5 nitrogen and oxygen atoms in total. The SMILES string of the molecule is Cc1cnc2c(n1)c(C)cc1c2nc(N)n1C. The van der Waals surface area contributed by atoms with Crippen molar-refractivity contribution in [1.29, 1.82) is 0 Å². The summed E-state index contributed by atoms with van der Waals surface area (Å²) in [6, 6.07) is 2.05. The summed E-state index contributed by atoms with van der Waals surface area (Å²) >= 11 is 0. The van der Waals surface area contributed by atoms with E-state index in [9.17, 15) is 0 Å². The number of benzene rings is 1. The molecule has 0 amide bonds. The van der Waals surface area contributed by atoms with Crippen molar-refractivity contribution in [3.05, 3.63) is 23.5 Å². The maximum absolute atomic E-state index is 5.83. The Morgan fingerprint density at radius 2 is 1.88 bits per heavy atom. The third-order valence-electron chi connectivity index (χ3n) is 3.02. The predicted octanol–water partition coefficient (Wildman–Crippen LogP) is 1.72. The van der Waals surface area contributed by atoms with Gasteiger partial charge in [0, 0.05) is 13.2 Å². The summed E-state index contributed by atoms with van der Waals surface area (Å²) in [6.07, 6.45) is 1.76. The number of rotatable bonds is 0. The molecule has 17 heavy (non-hydrogen) atoms. The molecule has 0 atom stereocenters. The smallest absolute Gasteiger partial charge is 0.201 e. The van der Waals surface area contributed by atoms with Crippen molar-refractivity contribution in [2.45, 2.75) is 13.8 Å². The van der Waals surface area contributed by atoms with E-state index < -0.39 is 0 Å². The number of imidazole rings is 1. The average Bonchev–Trinajstić information content (AvgIpc) is 2.57. The first-order chi connectivity index (χ1) is 8.08. The van der Waals surface area contributed by atoms with Crippen molar-refractivity contribution in [2.24, 2.45) is 7.05 Å². The molecule has 5 heteroatoms. The van der Waals surface area contributed by atoms with Gasteiger partial charge < -0.3 is 10.3 Å². The molecule has 2 N–H and O–H groups in total. The number of hydrogen-bond acceptors (Lipinski definition) is 4. The number of hydrogen-bond donors (Lipinski definition) is 1. The molecule has 0 unspecified atom stereocenters. The van der Waals surface area contributed by atoms with Crippen LogP contribution in [0, 0.1) is 13.8 Å². The molecule has 0 spiro atoms. The number of nitrogens with two attached hydrogens (primary N) is 1. The second-order valence-electron chi connectivity index (χ2n) is 4.30. The van der Waals surface area contributed by atoms with Crippen molar-refractivity contribution in [3.8, 4) is 0 Å². The first-order valence-electron chi connectivity index (χ1n) is 5.43. The lowest BCUT2D eigenvalue weighted by Crippen LogP contribution is -1.96. The van der Waals surface area contributed by atoms with Crippen LogP contribution in [0.25, 0.3) is 22.1 Å². The Morgan fingerprint density at radius 3 is 2.65 bits per heavy atom. The first-order valence-corrected chi connectivity index (χ1v) is 5.43. The summed E-state index contributed by atoms with van der Waals surface area (Å²) in [4.78, 5) is 13.3. The van der Waals surface area contributed by atoms with Crippen molar-refractivity contribution in [3.63, 3.8) is 0 Å². The van der Waals surface area contributed by atoms with E-state index in [-0.39, 0.29) is 0 Å². The van der Waals surface area contributed by atoms with Gasteiger partial charge in [-0.25, -0.2) is 9.97 Å². The van der Waals surface area contributed by atoms with E-state index in [0.29, 0.717) is 5.95 Å². The topological polar surface area (TPSA) is 69.6 Å². The maximum atomic E-state index is 5.83. The van der Waals surface area contributed by atoms with Gasteiger partial charge in [-0.3, -0.25) is 4.98 Å². The summed E-state index contributed by atoms with van der Waals surface area (Å²) in [6.45, 7) is 3.96. The Hall–Kier alpha value is -2.17. The maximum Gasteiger partial charge on any atom is 0.201 e. The summed E-state index contributed by atoms with van der Waals surface area (Å²) < 4.78 is 1.86. The molecule has 2 heterocycles. The summed E-state index contributed by atoms with van der Waals surface area (Å²) in [7, 11) is 1.90. The van der Waals surface area contributed by atoms with Crippen molar-refractivity contribution in [2.75, 3.05) is 5.73 Å². The van der Waals surface area contributed by atoms with Crippen LogP contribution in [0.15, 0.2) is 12.3 Å². The Bertz CT molecular complexity index is 742. The fraction of sp³-hybridized carbons (Fsp3) is 0.250. The molecule has 0 radical (unpaired) electrons. The van der Waals surface area contributed by atoms with Gasteiger partial charge in [-0.05, 0) is 25.5 Å². The lowest BCUT2D eigenvalue weighted by Gasteiger charge is -2.03. The highest BCUT2D eigenvalue weighted by Gasteiger charge is 2.12. The highest BCUT2D eigenvalue weighted by atomic mass is 15.1. The van der Waals surface area contributed by atoms with Gasteiger partial charge in [-0.15, -0.1) is 0 Å². The van der Waals surface area contributed by atoms with Crippen LogP contribution in [0.3, 0.4) is 0 Å². The monoisotopic (exact) mass is 227 g/mol. The van der Waals surface area contributed by atoms with Crippen LogP contribution < -0.4 is 5.73 Å². The Balaban J connectivity index is 2.60. The largest absolute Gasteiger partial charge is 0.369 e. The molecule has 0 saturated heterocycles. The highest BCUT2D eigenvalue weighted by molar-refractivity contribution is 6.02. The molecule has 2 aromatic heterocycles. The van der Waals surface area contributed by atoms with Gasteiger partial charge in [-0.2, -0.15) is 0 Å². The fourth-order valence-corrected chi connectivity index (χ4v) is 2.07. The number of anilines is 1. The lowest BCUT2D eigenvalue weighted by atomic mass is 10.1. The van der Waals surface area contributed by atoms with E-state index in [1.165, 1.54) is 0 Å². The van der Waals surface area contributed by atoms with Crippen LogP contribution in [0.4, 0.5) is 5.95 Å². The second kappa shape index (κ2) is 3.16. The quantitative estimate of drug-likeness (QED) is 0.634. The molecule has 0 aliphatic carbocycles. The number of fused-ring (bicyclic) bond motifs is 3. The third-order valence-corrected chi connectivity index (χ3v) is 3.02. The minimum Gasteiger partial charge on any atom is -0.369 e. The van der Waals surface area contributed by atoms with E-state index >= 15 is 0 Å². The zero-order chi connectivity index (χ0) is 12.2. The van der Waals surface area contributed by atoms with Crippen LogP contribution >= 0.6 is 0 Å². The van der Waals surface area contributed by atoms with E-state index in [4.69, 9.17) is 5.73 Å². The lowest BCUT2D eigenvalue weighted by molar-refractivity contribution is 0.964. The van der Waals surface area contributed by atoms with Gasteiger partial charge in [-0.1, -0.05) is 0 Å². The van der Waals surface area contributed by atoms with E-state index in [1.54, 1.807) is 6.20 Å². The second-order valence-corrected chi connectivity index (χ2v) is 4.30.